The van der Waals surface area contributed by atoms with E-state index in [-0.39, 0.29) is 11.7 Å². The van der Waals surface area contributed by atoms with Crippen molar-refractivity contribution in [1.29, 1.82) is 0 Å². The zero-order chi connectivity index (χ0) is 10.7. The molecule has 1 N–H and O–H groups in total. The zero-order valence-electron chi connectivity index (χ0n) is 9.00. The SMILES string of the molecule is CC(C)Nc1cc(C(=O)C(C)C)sn1. The van der Waals surface area contributed by atoms with Gasteiger partial charge in [-0.3, -0.25) is 4.79 Å². The average molecular weight is 212 g/mol. The van der Waals surface area contributed by atoms with E-state index in [2.05, 4.69) is 9.69 Å². The predicted molar refractivity (Wildman–Crippen MR) is 60.0 cm³/mol. The number of hydrogen-bond acceptors (Lipinski definition) is 4. The van der Waals surface area contributed by atoms with Crippen LogP contribution in [0.5, 0.6) is 0 Å². The first-order chi connectivity index (χ1) is 6.50. The molecule has 0 spiro atoms. The van der Waals surface area contributed by atoms with Gasteiger partial charge in [-0.1, -0.05) is 13.8 Å². The maximum absolute atomic E-state index is 11.6. The van der Waals surface area contributed by atoms with E-state index < -0.39 is 0 Å². The van der Waals surface area contributed by atoms with Crippen LogP contribution in [0, 0.1) is 5.92 Å². The van der Waals surface area contributed by atoms with Crippen molar-refractivity contribution >= 4 is 23.1 Å². The molecule has 1 heterocycles. The lowest BCUT2D eigenvalue weighted by atomic mass is 10.1. The summed E-state index contributed by atoms with van der Waals surface area (Å²) in [6, 6.07) is 2.17. The van der Waals surface area contributed by atoms with Crippen LogP contribution in [0.2, 0.25) is 0 Å². The first-order valence-corrected chi connectivity index (χ1v) is 5.55. The molecule has 78 valence electrons. The topological polar surface area (TPSA) is 42.0 Å². The lowest BCUT2D eigenvalue weighted by Crippen LogP contribution is -2.09. The van der Waals surface area contributed by atoms with Gasteiger partial charge in [0.1, 0.15) is 5.82 Å². The first kappa shape index (κ1) is 11.2. The monoisotopic (exact) mass is 212 g/mol. The van der Waals surface area contributed by atoms with Crippen LogP contribution in [0.25, 0.3) is 0 Å². The van der Waals surface area contributed by atoms with Crippen LogP contribution in [0.1, 0.15) is 37.4 Å². The molecule has 0 unspecified atom stereocenters. The van der Waals surface area contributed by atoms with E-state index in [0.29, 0.717) is 6.04 Å². The molecule has 1 aromatic heterocycles. The lowest BCUT2D eigenvalue weighted by Gasteiger charge is -2.04. The van der Waals surface area contributed by atoms with Crippen molar-refractivity contribution in [2.75, 3.05) is 5.32 Å². The molecular formula is C10H16N2OS. The Morgan fingerprint density at radius 1 is 1.43 bits per heavy atom. The Balaban J connectivity index is 2.73. The van der Waals surface area contributed by atoms with E-state index in [1.165, 1.54) is 11.5 Å². The fraction of sp³-hybridized carbons (Fsp3) is 0.600. The number of anilines is 1. The van der Waals surface area contributed by atoms with Gasteiger partial charge in [0.05, 0.1) is 4.88 Å². The fourth-order valence-electron chi connectivity index (χ4n) is 1.04. The molecule has 3 nitrogen and oxygen atoms in total. The van der Waals surface area contributed by atoms with Crippen LogP contribution >= 0.6 is 11.5 Å². The van der Waals surface area contributed by atoms with Gasteiger partial charge in [0, 0.05) is 18.0 Å². The van der Waals surface area contributed by atoms with Gasteiger partial charge >= 0.3 is 0 Å². The first-order valence-electron chi connectivity index (χ1n) is 4.78. The molecule has 4 heteroatoms. The summed E-state index contributed by atoms with van der Waals surface area (Å²) >= 11 is 1.27. The summed E-state index contributed by atoms with van der Waals surface area (Å²) in [7, 11) is 0. The fourth-order valence-corrected chi connectivity index (χ4v) is 1.83. The van der Waals surface area contributed by atoms with Gasteiger partial charge in [-0.2, -0.15) is 4.37 Å². The second-order valence-electron chi connectivity index (χ2n) is 3.89. The number of carbonyl (C=O) groups is 1. The Kier molecular flexibility index (Phi) is 3.63. The van der Waals surface area contributed by atoms with Crippen LogP contribution in [0.3, 0.4) is 0 Å². The van der Waals surface area contributed by atoms with Crippen LogP contribution in [0.4, 0.5) is 5.82 Å². The molecule has 1 rings (SSSR count). The van der Waals surface area contributed by atoms with Gasteiger partial charge in [0.15, 0.2) is 5.78 Å². The molecule has 0 saturated carbocycles. The third-order valence-corrected chi connectivity index (χ3v) is 2.52. The Morgan fingerprint density at radius 2 is 2.07 bits per heavy atom. The highest BCUT2D eigenvalue weighted by Gasteiger charge is 2.14. The smallest absolute Gasteiger partial charge is 0.176 e. The zero-order valence-corrected chi connectivity index (χ0v) is 9.81. The molecule has 0 amide bonds. The highest BCUT2D eigenvalue weighted by atomic mass is 32.1. The van der Waals surface area contributed by atoms with Gasteiger partial charge in [0.25, 0.3) is 0 Å². The molecule has 0 aliphatic rings. The second-order valence-corrected chi connectivity index (χ2v) is 4.70. The van der Waals surface area contributed by atoms with E-state index in [9.17, 15) is 4.79 Å². The highest BCUT2D eigenvalue weighted by molar-refractivity contribution is 7.08. The normalized spacial score (nSPS) is 11.0. The largest absolute Gasteiger partial charge is 0.367 e. The number of nitrogens with one attached hydrogen (secondary N) is 1. The molecule has 0 bridgehead atoms. The van der Waals surface area contributed by atoms with Crippen molar-refractivity contribution < 1.29 is 4.79 Å². The standard InChI is InChI=1S/C10H16N2OS/c1-6(2)10(13)8-5-9(12-14-8)11-7(3)4/h5-7H,1-4H3,(H,11,12). The van der Waals surface area contributed by atoms with Crippen LogP contribution in [-0.4, -0.2) is 16.2 Å². The van der Waals surface area contributed by atoms with Crippen LogP contribution in [0.15, 0.2) is 6.07 Å². The minimum absolute atomic E-state index is 0.0438. The summed E-state index contributed by atoms with van der Waals surface area (Å²) in [5.41, 5.74) is 0. The third kappa shape index (κ3) is 2.80. The highest BCUT2D eigenvalue weighted by Crippen LogP contribution is 2.18. The Labute approximate surface area is 88.7 Å². The van der Waals surface area contributed by atoms with E-state index in [0.717, 1.165) is 10.7 Å². The van der Waals surface area contributed by atoms with Crippen molar-refractivity contribution in [3.05, 3.63) is 10.9 Å². The molecule has 0 saturated heterocycles. The van der Waals surface area contributed by atoms with Crippen molar-refractivity contribution in [2.24, 2.45) is 5.92 Å². The summed E-state index contributed by atoms with van der Waals surface area (Å²) in [4.78, 5) is 12.3. The third-order valence-electron chi connectivity index (χ3n) is 1.71. The molecule has 0 radical (unpaired) electrons. The number of ketones is 1. The molecule has 0 aliphatic carbocycles. The maximum atomic E-state index is 11.6. The number of nitrogens with zero attached hydrogens (tertiary/aromatic N) is 1. The Bertz CT molecular complexity index is 318. The number of Topliss-reactive ketones (excluding diaryl/α,β-unsaturated/α-hetero) is 1. The number of hydrogen-bond donors (Lipinski definition) is 1. The van der Waals surface area contributed by atoms with Crippen LogP contribution in [-0.2, 0) is 0 Å². The van der Waals surface area contributed by atoms with Crippen LogP contribution < -0.4 is 5.32 Å². The molecule has 0 aromatic carbocycles. The summed E-state index contributed by atoms with van der Waals surface area (Å²) in [5, 5.41) is 3.17. The van der Waals surface area contributed by atoms with Gasteiger partial charge in [0.2, 0.25) is 0 Å². The Hall–Kier alpha value is -0.900. The van der Waals surface area contributed by atoms with Gasteiger partial charge in [-0.05, 0) is 25.4 Å². The van der Waals surface area contributed by atoms with Crippen molar-refractivity contribution in [1.82, 2.24) is 4.37 Å². The number of carbonyl (C=O) groups excluding carboxylic acids is 1. The van der Waals surface area contributed by atoms with Crippen molar-refractivity contribution in [3.8, 4) is 0 Å². The van der Waals surface area contributed by atoms with Gasteiger partial charge in [-0.25, -0.2) is 0 Å². The van der Waals surface area contributed by atoms with Gasteiger partial charge in [-0.15, -0.1) is 0 Å². The quantitative estimate of drug-likeness (QED) is 0.780. The molecule has 0 atom stereocenters. The predicted octanol–water partition coefficient (Wildman–Crippen LogP) is 2.80. The number of aromatic nitrogens is 1. The minimum atomic E-state index is 0.0438. The summed E-state index contributed by atoms with van der Waals surface area (Å²) in [5.74, 6) is 1.01. The van der Waals surface area contributed by atoms with E-state index in [1.54, 1.807) is 0 Å². The summed E-state index contributed by atoms with van der Waals surface area (Å²) < 4.78 is 4.17. The Morgan fingerprint density at radius 3 is 2.57 bits per heavy atom. The molecule has 14 heavy (non-hydrogen) atoms. The van der Waals surface area contributed by atoms with E-state index >= 15 is 0 Å². The molecule has 0 aliphatic heterocycles. The van der Waals surface area contributed by atoms with Gasteiger partial charge < -0.3 is 5.32 Å². The summed E-state index contributed by atoms with van der Waals surface area (Å²) in [6.07, 6.45) is 0. The number of rotatable bonds is 4. The molecular weight excluding hydrogens is 196 g/mol. The van der Waals surface area contributed by atoms with E-state index in [1.807, 2.05) is 33.8 Å². The van der Waals surface area contributed by atoms with Crippen molar-refractivity contribution in [2.45, 2.75) is 33.7 Å². The maximum Gasteiger partial charge on any atom is 0.176 e. The van der Waals surface area contributed by atoms with E-state index in [4.69, 9.17) is 0 Å². The average Bonchev–Trinajstić information content (AvgIpc) is 2.50. The van der Waals surface area contributed by atoms with Crippen molar-refractivity contribution in [3.63, 3.8) is 0 Å². The second kappa shape index (κ2) is 4.55. The lowest BCUT2D eigenvalue weighted by molar-refractivity contribution is 0.0943. The summed E-state index contributed by atoms with van der Waals surface area (Å²) in [6.45, 7) is 7.89. The molecule has 1 aromatic rings. The molecule has 0 fully saturated rings. The minimum Gasteiger partial charge on any atom is -0.367 e.